The minimum absolute atomic E-state index is 0.213. The third-order valence-corrected chi connectivity index (χ3v) is 4.19. The number of hydrogen-bond acceptors (Lipinski definition) is 3. The maximum absolute atomic E-state index is 12.2. The highest BCUT2D eigenvalue weighted by Gasteiger charge is 2.16. The van der Waals surface area contributed by atoms with E-state index in [9.17, 15) is 4.79 Å². The van der Waals surface area contributed by atoms with E-state index in [1.807, 2.05) is 35.0 Å². The third-order valence-electron chi connectivity index (χ3n) is 3.66. The number of pyridine rings is 1. The van der Waals surface area contributed by atoms with E-state index >= 15 is 0 Å². The number of hydrogen-bond donors (Lipinski definition) is 1. The van der Waals surface area contributed by atoms with Gasteiger partial charge in [-0.1, -0.05) is 29.3 Å². The van der Waals surface area contributed by atoms with Crippen molar-refractivity contribution in [1.29, 1.82) is 0 Å². The molecule has 1 amide bonds. The second-order valence-corrected chi connectivity index (χ2v) is 6.42. The molecule has 130 valence electrons. The molecule has 0 aliphatic carbocycles. The van der Waals surface area contributed by atoms with Crippen LogP contribution in [-0.2, 0) is 11.2 Å². The molecule has 1 unspecified atom stereocenters. The van der Waals surface area contributed by atoms with Crippen molar-refractivity contribution in [1.82, 2.24) is 14.7 Å². The largest absolute Gasteiger partial charge is 0.479 e. The molecule has 2 heterocycles. The summed E-state index contributed by atoms with van der Waals surface area (Å²) >= 11 is 11.9. The highest BCUT2D eigenvalue weighted by atomic mass is 35.5. The molecule has 1 atom stereocenters. The minimum atomic E-state index is -0.667. The van der Waals surface area contributed by atoms with Crippen molar-refractivity contribution < 1.29 is 9.53 Å². The van der Waals surface area contributed by atoms with Crippen LogP contribution in [0.25, 0.3) is 5.65 Å². The number of halogens is 2. The first-order valence-electron chi connectivity index (χ1n) is 7.85. The molecular weight excluding hydrogens is 361 g/mol. The van der Waals surface area contributed by atoms with E-state index < -0.39 is 6.10 Å². The highest BCUT2D eigenvalue weighted by Crippen LogP contribution is 2.28. The van der Waals surface area contributed by atoms with Crippen LogP contribution in [0.2, 0.25) is 10.0 Å². The lowest BCUT2D eigenvalue weighted by Crippen LogP contribution is -2.37. The Morgan fingerprint density at radius 1 is 1.32 bits per heavy atom. The van der Waals surface area contributed by atoms with Gasteiger partial charge in [-0.3, -0.25) is 4.79 Å². The Morgan fingerprint density at radius 3 is 2.92 bits per heavy atom. The van der Waals surface area contributed by atoms with E-state index in [-0.39, 0.29) is 5.91 Å². The van der Waals surface area contributed by atoms with Crippen molar-refractivity contribution in [3.63, 3.8) is 0 Å². The Bertz CT molecular complexity index is 862. The average Bonchev–Trinajstić information content (AvgIpc) is 3.00. The SMILES string of the molecule is CC(Oc1ccc(Cl)cc1Cl)C(=O)NCCc1cn2ccccc2n1. The van der Waals surface area contributed by atoms with Crippen LogP contribution in [-0.4, -0.2) is 27.9 Å². The third kappa shape index (κ3) is 4.44. The van der Waals surface area contributed by atoms with Crippen LogP contribution in [0.15, 0.2) is 48.8 Å². The second-order valence-electron chi connectivity index (χ2n) is 5.57. The zero-order valence-corrected chi connectivity index (χ0v) is 15.1. The average molecular weight is 378 g/mol. The minimum Gasteiger partial charge on any atom is -0.479 e. The number of carbonyl (C=O) groups excluding carboxylic acids is 1. The molecule has 0 saturated heterocycles. The van der Waals surface area contributed by atoms with Crippen molar-refractivity contribution in [2.24, 2.45) is 0 Å². The molecule has 5 nitrogen and oxygen atoms in total. The molecule has 7 heteroatoms. The first-order valence-corrected chi connectivity index (χ1v) is 8.60. The van der Waals surface area contributed by atoms with Crippen molar-refractivity contribution in [3.05, 3.63) is 64.5 Å². The summed E-state index contributed by atoms with van der Waals surface area (Å²) in [5, 5.41) is 3.73. The van der Waals surface area contributed by atoms with Gasteiger partial charge in [0, 0.05) is 30.4 Å². The molecule has 0 radical (unpaired) electrons. The van der Waals surface area contributed by atoms with E-state index in [2.05, 4.69) is 10.3 Å². The number of aromatic nitrogens is 2. The van der Waals surface area contributed by atoms with Gasteiger partial charge in [0.2, 0.25) is 0 Å². The van der Waals surface area contributed by atoms with Crippen LogP contribution in [0.4, 0.5) is 0 Å². The van der Waals surface area contributed by atoms with Gasteiger partial charge in [0.25, 0.3) is 5.91 Å². The Hall–Kier alpha value is -2.24. The molecule has 0 aliphatic heterocycles. The zero-order valence-electron chi connectivity index (χ0n) is 13.6. The van der Waals surface area contributed by atoms with Crippen LogP contribution < -0.4 is 10.1 Å². The number of imidazole rings is 1. The van der Waals surface area contributed by atoms with E-state index in [4.69, 9.17) is 27.9 Å². The number of fused-ring (bicyclic) bond motifs is 1. The lowest BCUT2D eigenvalue weighted by atomic mass is 10.3. The first-order chi connectivity index (χ1) is 12.0. The topological polar surface area (TPSA) is 55.6 Å². The number of amides is 1. The summed E-state index contributed by atoms with van der Waals surface area (Å²) in [5.41, 5.74) is 1.80. The van der Waals surface area contributed by atoms with Crippen LogP contribution in [0.3, 0.4) is 0 Å². The summed E-state index contributed by atoms with van der Waals surface area (Å²) < 4.78 is 7.54. The fourth-order valence-electron chi connectivity index (χ4n) is 2.38. The van der Waals surface area contributed by atoms with Gasteiger partial charge in [-0.05, 0) is 37.3 Å². The number of nitrogens with zero attached hydrogens (tertiary/aromatic N) is 2. The predicted octanol–water partition coefficient (Wildman–Crippen LogP) is 3.77. The standard InChI is InChI=1S/C18H17Cl2N3O2/c1-12(25-16-6-5-13(19)10-15(16)20)18(24)21-8-7-14-11-23-9-3-2-4-17(23)22-14/h2-6,9-12H,7-8H2,1H3,(H,21,24). The lowest BCUT2D eigenvalue weighted by molar-refractivity contribution is -0.127. The second kappa shape index (κ2) is 7.76. The molecule has 0 spiro atoms. The maximum atomic E-state index is 12.2. The van der Waals surface area contributed by atoms with Gasteiger partial charge in [0.15, 0.2) is 6.10 Å². The summed E-state index contributed by atoms with van der Waals surface area (Å²) in [6, 6.07) is 10.7. The van der Waals surface area contributed by atoms with E-state index in [0.29, 0.717) is 28.8 Å². The molecule has 0 fully saturated rings. The van der Waals surface area contributed by atoms with Crippen molar-refractivity contribution in [3.8, 4) is 5.75 Å². The van der Waals surface area contributed by atoms with Crippen LogP contribution in [0, 0.1) is 0 Å². The summed E-state index contributed by atoms with van der Waals surface area (Å²) in [7, 11) is 0. The highest BCUT2D eigenvalue weighted by molar-refractivity contribution is 6.35. The van der Waals surface area contributed by atoms with E-state index in [1.165, 1.54) is 0 Å². The Morgan fingerprint density at radius 2 is 2.16 bits per heavy atom. The normalized spacial score (nSPS) is 12.1. The van der Waals surface area contributed by atoms with Crippen LogP contribution in [0.1, 0.15) is 12.6 Å². The molecule has 3 rings (SSSR count). The molecule has 25 heavy (non-hydrogen) atoms. The molecule has 2 aromatic heterocycles. The van der Waals surface area contributed by atoms with Gasteiger partial charge in [0.1, 0.15) is 11.4 Å². The van der Waals surface area contributed by atoms with Gasteiger partial charge < -0.3 is 14.5 Å². The van der Waals surface area contributed by atoms with Crippen LogP contribution >= 0.6 is 23.2 Å². The van der Waals surface area contributed by atoms with Crippen molar-refractivity contribution >= 4 is 34.8 Å². The van der Waals surface area contributed by atoms with Gasteiger partial charge >= 0.3 is 0 Å². The van der Waals surface area contributed by atoms with Gasteiger partial charge in [-0.15, -0.1) is 0 Å². The van der Waals surface area contributed by atoms with Crippen molar-refractivity contribution in [2.75, 3.05) is 6.54 Å². The lowest BCUT2D eigenvalue weighted by Gasteiger charge is -2.15. The molecule has 0 aliphatic rings. The Labute approximate surface area is 155 Å². The van der Waals surface area contributed by atoms with E-state index in [1.54, 1.807) is 25.1 Å². The van der Waals surface area contributed by atoms with Crippen LogP contribution in [0.5, 0.6) is 5.75 Å². The number of rotatable bonds is 6. The summed E-state index contributed by atoms with van der Waals surface area (Å²) in [5.74, 6) is 0.212. The number of carbonyl (C=O) groups is 1. The Balaban J connectivity index is 1.51. The smallest absolute Gasteiger partial charge is 0.260 e. The summed E-state index contributed by atoms with van der Waals surface area (Å²) in [6.45, 7) is 2.15. The van der Waals surface area contributed by atoms with Gasteiger partial charge in [-0.2, -0.15) is 0 Å². The molecule has 0 bridgehead atoms. The number of nitrogens with one attached hydrogen (secondary N) is 1. The monoisotopic (exact) mass is 377 g/mol. The van der Waals surface area contributed by atoms with Crippen molar-refractivity contribution in [2.45, 2.75) is 19.4 Å². The van der Waals surface area contributed by atoms with Gasteiger partial charge in [-0.25, -0.2) is 4.98 Å². The predicted molar refractivity (Wildman–Crippen MR) is 98.5 cm³/mol. The maximum Gasteiger partial charge on any atom is 0.260 e. The molecule has 1 N–H and O–H groups in total. The fourth-order valence-corrected chi connectivity index (χ4v) is 2.83. The summed E-state index contributed by atoms with van der Waals surface area (Å²) in [6.07, 6.45) is 3.87. The molecule has 1 aromatic carbocycles. The van der Waals surface area contributed by atoms with Gasteiger partial charge in [0.05, 0.1) is 10.7 Å². The molecule has 0 saturated carbocycles. The Kier molecular flexibility index (Phi) is 5.46. The first kappa shape index (κ1) is 17.6. The zero-order chi connectivity index (χ0) is 17.8. The number of benzene rings is 1. The molecule has 3 aromatic rings. The summed E-state index contributed by atoms with van der Waals surface area (Å²) in [4.78, 5) is 16.6. The quantitative estimate of drug-likeness (QED) is 0.711. The van der Waals surface area contributed by atoms with E-state index in [0.717, 1.165) is 11.3 Å². The fraction of sp³-hybridized carbons (Fsp3) is 0.222. The number of ether oxygens (including phenoxy) is 1. The molecular formula is C18H17Cl2N3O2.